The molecule has 0 radical (unpaired) electrons. The predicted molar refractivity (Wildman–Crippen MR) is 95.8 cm³/mol. The Morgan fingerprint density at radius 1 is 1.19 bits per heavy atom. The zero-order chi connectivity index (χ0) is 19.3. The van der Waals surface area contributed by atoms with Crippen molar-refractivity contribution >= 4 is 28.9 Å². The molecule has 0 aromatic heterocycles. The third kappa shape index (κ3) is 5.56. The summed E-state index contributed by atoms with van der Waals surface area (Å²) in [6, 6.07) is 10.3. The first-order chi connectivity index (χ1) is 12.2. The molecule has 26 heavy (non-hydrogen) atoms. The molecule has 0 aliphatic heterocycles. The zero-order valence-corrected chi connectivity index (χ0v) is 14.9. The van der Waals surface area contributed by atoms with Gasteiger partial charge in [0, 0.05) is 5.69 Å². The maximum Gasteiger partial charge on any atom is 0.417 e. The second kappa shape index (κ2) is 8.31. The molecule has 2 rings (SSSR count). The summed E-state index contributed by atoms with van der Waals surface area (Å²) in [5, 5.41) is 4.92. The summed E-state index contributed by atoms with van der Waals surface area (Å²) in [6.45, 7) is 3.51. The fraction of sp³-hybridized carbons (Fsp3) is 0.278. The number of hydrogen-bond donors (Lipinski definition) is 2. The maximum absolute atomic E-state index is 12.9. The highest BCUT2D eigenvalue weighted by Gasteiger charge is 2.33. The van der Waals surface area contributed by atoms with Crippen molar-refractivity contribution < 1.29 is 22.7 Å². The second-order valence-electron chi connectivity index (χ2n) is 5.76. The van der Waals surface area contributed by atoms with Gasteiger partial charge in [-0.05, 0) is 44.2 Å². The Hall–Kier alpha value is -2.41. The van der Waals surface area contributed by atoms with Crippen molar-refractivity contribution in [1.29, 1.82) is 0 Å². The van der Waals surface area contributed by atoms with Gasteiger partial charge in [-0.2, -0.15) is 13.2 Å². The van der Waals surface area contributed by atoms with Gasteiger partial charge in [-0.1, -0.05) is 23.7 Å². The fourth-order valence-corrected chi connectivity index (χ4v) is 2.38. The average Bonchev–Trinajstić information content (AvgIpc) is 2.54. The van der Waals surface area contributed by atoms with E-state index in [1.54, 1.807) is 24.3 Å². The van der Waals surface area contributed by atoms with Crippen LogP contribution in [0.3, 0.4) is 0 Å². The number of carbonyl (C=O) groups excluding carboxylic acids is 1. The molecule has 8 heteroatoms. The van der Waals surface area contributed by atoms with Gasteiger partial charge in [0.1, 0.15) is 5.75 Å². The quantitative estimate of drug-likeness (QED) is 0.717. The van der Waals surface area contributed by atoms with E-state index in [4.69, 9.17) is 16.3 Å². The van der Waals surface area contributed by atoms with Crippen molar-refractivity contribution in [2.45, 2.75) is 26.1 Å². The van der Waals surface area contributed by atoms with E-state index >= 15 is 0 Å². The summed E-state index contributed by atoms with van der Waals surface area (Å²) >= 11 is 5.57. The Kier molecular flexibility index (Phi) is 6.37. The van der Waals surface area contributed by atoms with Gasteiger partial charge in [-0.15, -0.1) is 0 Å². The Morgan fingerprint density at radius 2 is 1.88 bits per heavy atom. The van der Waals surface area contributed by atoms with E-state index in [0.29, 0.717) is 11.4 Å². The van der Waals surface area contributed by atoms with Crippen LogP contribution in [0.2, 0.25) is 5.02 Å². The van der Waals surface area contributed by atoms with Crippen LogP contribution in [0.25, 0.3) is 0 Å². The number of para-hydroxylation sites is 2. The van der Waals surface area contributed by atoms with E-state index in [1.165, 1.54) is 6.07 Å². The molecule has 2 aromatic rings. The molecular formula is C18H18ClF3N2O2. The van der Waals surface area contributed by atoms with Crippen molar-refractivity contribution in [2.24, 2.45) is 0 Å². The van der Waals surface area contributed by atoms with Gasteiger partial charge in [0.2, 0.25) is 5.91 Å². The molecule has 0 heterocycles. The molecule has 140 valence electrons. The fourth-order valence-electron chi connectivity index (χ4n) is 2.16. The van der Waals surface area contributed by atoms with E-state index < -0.39 is 22.7 Å². The first kappa shape index (κ1) is 19.9. The highest BCUT2D eigenvalue weighted by molar-refractivity contribution is 6.31. The monoisotopic (exact) mass is 386 g/mol. The highest BCUT2D eigenvalue weighted by atomic mass is 35.5. The normalized spacial score (nSPS) is 11.3. The number of halogens is 4. The molecule has 0 aliphatic carbocycles. The molecule has 0 atom stereocenters. The number of nitrogens with one attached hydrogen (secondary N) is 2. The highest BCUT2D eigenvalue weighted by Crippen LogP contribution is 2.36. The molecule has 0 unspecified atom stereocenters. The summed E-state index contributed by atoms with van der Waals surface area (Å²) < 4.78 is 44.2. The van der Waals surface area contributed by atoms with E-state index in [-0.39, 0.29) is 18.3 Å². The topological polar surface area (TPSA) is 50.4 Å². The molecule has 2 aromatic carbocycles. The number of hydrogen-bond acceptors (Lipinski definition) is 3. The maximum atomic E-state index is 12.9. The predicted octanol–water partition coefficient (Wildman–Crippen LogP) is 5.20. The van der Waals surface area contributed by atoms with Gasteiger partial charge < -0.3 is 15.4 Å². The van der Waals surface area contributed by atoms with Gasteiger partial charge >= 0.3 is 6.18 Å². The van der Waals surface area contributed by atoms with Crippen molar-refractivity contribution in [3.8, 4) is 5.75 Å². The molecular weight excluding hydrogens is 369 g/mol. The van der Waals surface area contributed by atoms with Crippen LogP contribution in [0.15, 0.2) is 42.5 Å². The standard InChI is InChI=1S/C18H18ClF3N2O2/c1-11(2)26-16-6-4-3-5-15(16)24-17(25)10-23-12-7-8-14(19)13(9-12)18(20,21)22/h3-9,11,23H,10H2,1-2H3,(H,24,25). The van der Waals surface area contributed by atoms with Crippen LogP contribution >= 0.6 is 11.6 Å². The molecule has 0 saturated carbocycles. The number of amides is 1. The molecule has 0 saturated heterocycles. The summed E-state index contributed by atoms with van der Waals surface area (Å²) in [5.74, 6) is 0.0926. The first-order valence-electron chi connectivity index (χ1n) is 7.83. The Labute approximate surface area is 154 Å². The Bertz CT molecular complexity index is 779. The van der Waals surface area contributed by atoms with E-state index in [9.17, 15) is 18.0 Å². The summed E-state index contributed by atoms with van der Waals surface area (Å²) in [6.07, 6.45) is -4.63. The summed E-state index contributed by atoms with van der Waals surface area (Å²) in [5.41, 5.74) is -0.330. The minimum Gasteiger partial charge on any atom is -0.489 e. The largest absolute Gasteiger partial charge is 0.489 e. The van der Waals surface area contributed by atoms with Crippen molar-refractivity contribution in [1.82, 2.24) is 0 Å². The number of anilines is 2. The Morgan fingerprint density at radius 3 is 2.54 bits per heavy atom. The van der Waals surface area contributed by atoms with Crippen LogP contribution in [0, 0.1) is 0 Å². The van der Waals surface area contributed by atoms with Crippen LogP contribution in [0.5, 0.6) is 5.75 Å². The number of benzene rings is 2. The van der Waals surface area contributed by atoms with Crippen LogP contribution < -0.4 is 15.4 Å². The van der Waals surface area contributed by atoms with Crippen molar-refractivity contribution in [3.05, 3.63) is 53.1 Å². The van der Waals surface area contributed by atoms with Crippen LogP contribution in [-0.2, 0) is 11.0 Å². The van der Waals surface area contributed by atoms with Crippen LogP contribution in [0.4, 0.5) is 24.5 Å². The Balaban J connectivity index is 2.02. The van der Waals surface area contributed by atoms with Gasteiger partial charge in [0.05, 0.1) is 28.9 Å². The minimum atomic E-state index is -4.57. The van der Waals surface area contributed by atoms with Gasteiger partial charge in [-0.25, -0.2) is 0 Å². The molecule has 0 spiro atoms. The third-order valence-corrected chi connectivity index (χ3v) is 3.58. The number of carbonyl (C=O) groups is 1. The molecule has 0 fully saturated rings. The molecule has 4 nitrogen and oxygen atoms in total. The van der Waals surface area contributed by atoms with E-state index in [0.717, 1.165) is 12.1 Å². The number of ether oxygens (including phenoxy) is 1. The molecule has 0 aliphatic rings. The lowest BCUT2D eigenvalue weighted by molar-refractivity contribution is -0.137. The van der Waals surface area contributed by atoms with Gasteiger partial charge in [-0.3, -0.25) is 4.79 Å². The van der Waals surface area contributed by atoms with Gasteiger partial charge in [0.25, 0.3) is 0 Å². The van der Waals surface area contributed by atoms with Gasteiger partial charge in [0.15, 0.2) is 0 Å². The van der Waals surface area contributed by atoms with Crippen LogP contribution in [-0.4, -0.2) is 18.6 Å². The summed E-state index contributed by atoms with van der Waals surface area (Å²) in [4.78, 5) is 12.1. The van der Waals surface area contributed by atoms with E-state index in [2.05, 4.69) is 10.6 Å². The first-order valence-corrected chi connectivity index (χ1v) is 8.21. The molecule has 1 amide bonds. The zero-order valence-electron chi connectivity index (χ0n) is 14.2. The van der Waals surface area contributed by atoms with E-state index in [1.807, 2.05) is 13.8 Å². The van der Waals surface area contributed by atoms with Crippen LogP contribution in [0.1, 0.15) is 19.4 Å². The van der Waals surface area contributed by atoms with Crippen molar-refractivity contribution in [2.75, 3.05) is 17.2 Å². The minimum absolute atomic E-state index is 0.0685. The SMILES string of the molecule is CC(C)Oc1ccccc1NC(=O)CNc1ccc(Cl)c(C(F)(F)F)c1. The second-order valence-corrected chi connectivity index (χ2v) is 6.16. The number of alkyl halides is 3. The average molecular weight is 387 g/mol. The lowest BCUT2D eigenvalue weighted by Crippen LogP contribution is -2.22. The lowest BCUT2D eigenvalue weighted by atomic mass is 10.2. The summed E-state index contributed by atoms with van der Waals surface area (Å²) in [7, 11) is 0. The third-order valence-electron chi connectivity index (χ3n) is 3.25. The lowest BCUT2D eigenvalue weighted by Gasteiger charge is -2.15. The molecule has 0 bridgehead atoms. The van der Waals surface area contributed by atoms with Crippen molar-refractivity contribution in [3.63, 3.8) is 0 Å². The number of rotatable bonds is 6. The smallest absolute Gasteiger partial charge is 0.417 e. The molecule has 2 N–H and O–H groups in total.